The average Bonchev–Trinajstić information content (AvgIpc) is 3.87. The lowest BCUT2D eigenvalue weighted by molar-refractivity contribution is -0.749. The van der Waals surface area contributed by atoms with Gasteiger partial charge in [-0.1, -0.05) is 77.1 Å². The summed E-state index contributed by atoms with van der Waals surface area (Å²) in [5.74, 6) is 7.72. The molecule has 0 spiro atoms. The van der Waals surface area contributed by atoms with Gasteiger partial charge in [0, 0.05) is 44.2 Å². The maximum Gasteiger partial charge on any atom is 0.160 e. The summed E-state index contributed by atoms with van der Waals surface area (Å²) in [6, 6.07) is 15.9. The summed E-state index contributed by atoms with van der Waals surface area (Å²) in [7, 11) is 0. The molecular weight excluding hydrogens is 661 g/mol. The number of ether oxygens (including phenoxy) is 1. The minimum atomic E-state index is 0. The molecular formula is C35H52O9S3. The molecule has 1 aromatic carbocycles. The lowest BCUT2D eigenvalue weighted by atomic mass is 10.1. The van der Waals surface area contributed by atoms with Crippen molar-refractivity contribution in [2.45, 2.75) is 84.5 Å². The van der Waals surface area contributed by atoms with Crippen LogP contribution in [0.25, 0.3) is 30.6 Å². The number of carbonyl (C=O) groups excluding carboxylic acids is 1. The number of thiophene rings is 3. The van der Waals surface area contributed by atoms with E-state index < -0.39 is 0 Å². The van der Waals surface area contributed by atoms with E-state index in [9.17, 15) is 9.90 Å². The third kappa shape index (κ3) is 13.1. The number of rotatable bonds is 19. The molecule has 0 aliphatic carbocycles. The molecule has 3 heterocycles. The molecule has 9 nitrogen and oxygen atoms in total. The Kier molecular flexibility index (Phi) is 18.3. The van der Waals surface area contributed by atoms with Crippen molar-refractivity contribution in [3.63, 3.8) is 0 Å². The summed E-state index contributed by atoms with van der Waals surface area (Å²) in [6.07, 6.45) is 14.0. The van der Waals surface area contributed by atoms with Gasteiger partial charge in [0.25, 0.3) is 0 Å². The van der Waals surface area contributed by atoms with Gasteiger partial charge in [0.05, 0.1) is 16.4 Å². The van der Waals surface area contributed by atoms with E-state index in [4.69, 9.17) is 15.3 Å². The van der Waals surface area contributed by atoms with Crippen LogP contribution in [0.4, 0.5) is 0 Å². The van der Waals surface area contributed by atoms with Gasteiger partial charge in [-0.2, -0.15) is 0 Å². The fraction of sp³-hybridized carbons (Fsp3) is 0.400. The third-order valence-corrected chi connectivity index (χ3v) is 10.4. The van der Waals surface area contributed by atoms with Gasteiger partial charge in [0.2, 0.25) is 0 Å². The third-order valence-electron chi connectivity index (χ3n) is 7.04. The number of hydrogen-bond acceptors (Lipinski definition) is 12. The van der Waals surface area contributed by atoms with E-state index >= 15 is 0 Å². The molecule has 0 atom stereocenters. The lowest BCUT2D eigenvalue weighted by Crippen LogP contribution is -1.99. The van der Waals surface area contributed by atoms with E-state index in [1.54, 1.807) is 22.7 Å². The highest BCUT2D eigenvalue weighted by atomic mass is 32.1. The van der Waals surface area contributed by atoms with Gasteiger partial charge >= 0.3 is 0 Å². The van der Waals surface area contributed by atoms with Crippen LogP contribution in [0.3, 0.4) is 0 Å². The fourth-order valence-corrected chi connectivity index (χ4v) is 7.52. The van der Waals surface area contributed by atoms with E-state index in [1.807, 2.05) is 30.3 Å². The minimum Gasteiger partial charge on any atom is -0.507 e. The molecule has 0 amide bonds. The summed E-state index contributed by atoms with van der Waals surface area (Å²) in [6.45, 7) is 5.10. The number of phenolic OH excluding ortho intramolecular Hbond substituents is 1. The molecule has 4 rings (SSSR count). The number of benzene rings is 1. The predicted molar refractivity (Wildman–Crippen MR) is 198 cm³/mol. The molecule has 0 unspecified atom stereocenters. The molecule has 264 valence electrons. The molecule has 0 fully saturated rings. The van der Waals surface area contributed by atoms with E-state index in [1.165, 1.54) is 56.3 Å². The maximum atomic E-state index is 11.2. The van der Waals surface area contributed by atoms with Crippen molar-refractivity contribution in [1.29, 1.82) is 0 Å². The van der Waals surface area contributed by atoms with Gasteiger partial charge in [-0.05, 0) is 81.5 Å². The highest BCUT2D eigenvalue weighted by molar-refractivity contribution is 7.24. The van der Waals surface area contributed by atoms with E-state index in [0.717, 1.165) is 73.2 Å². The summed E-state index contributed by atoms with van der Waals surface area (Å²) in [5, 5.41) is 37.2. The van der Waals surface area contributed by atoms with E-state index in [-0.39, 0.29) is 12.9 Å². The molecule has 12 heteroatoms. The number of hydrogen-bond donors (Lipinski definition) is 3. The van der Waals surface area contributed by atoms with Crippen molar-refractivity contribution in [2.24, 2.45) is 0 Å². The zero-order chi connectivity index (χ0) is 33.7. The normalized spacial score (nSPS) is 10.6. The van der Waals surface area contributed by atoms with Gasteiger partial charge < -0.3 is 9.84 Å². The van der Waals surface area contributed by atoms with Crippen molar-refractivity contribution in [2.75, 3.05) is 6.61 Å². The van der Waals surface area contributed by atoms with Gasteiger partial charge in [0.1, 0.15) is 11.5 Å². The van der Waals surface area contributed by atoms with Crippen molar-refractivity contribution in [1.82, 2.24) is 0 Å². The van der Waals surface area contributed by atoms with Gasteiger partial charge in [-0.15, -0.1) is 34.0 Å². The van der Waals surface area contributed by atoms with Crippen molar-refractivity contribution >= 4 is 40.3 Å². The second-order valence-electron chi connectivity index (χ2n) is 10.5. The molecule has 47 heavy (non-hydrogen) atoms. The molecule has 4 aromatic rings. The van der Waals surface area contributed by atoms with Gasteiger partial charge in [0.15, 0.2) is 6.29 Å². The SMILES string of the molecule is CCCCCCCCC#Cc1ccc(-c2cc(O)c(-c3ccc(-c4ccc(C=O)s4)s3)cc2OCCCCCC)s1.OOOOOO.[HH].[HH].[HH].[HH].[HH]. The average molecular weight is 713 g/mol. The number of aldehydes is 1. The predicted octanol–water partition coefficient (Wildman–Crippen LogP) is 12.4. The number of aromatic hydroxyl groups is 1. The number of phenols is 1. The summed E-state index contributed by atoms with van der Waals surface area (Å²) in [4.78, 5) is 17.0. The number of carbonyl (C=O) groups is 1. The first kappa shape index (κ1) is 38.4. The monoisotopic (exact) mass is 712 g/mol. The highest BCUT2D eigenvalue weighted by Crippen LogP contribution is 2.46. The standard InChI is InChI=1S/C35H40O3S3.H2O6.5H2/c1-3-5-7-9-10-11-12-13-15-26-16-18-33(39-26)29-23-30(37)28(24-31(29)38-22-14-8-6-4-2)32-20-21-35(41-32)34-19-17-27(25-36)40-34;1-3-5-6-4-2;;;;;/h16-21,23-25,37H,3-12,14,22H2,1-2H3;1-2H;5*1H. The topological polar surface area (TPSA) is 124 Å². The highest BCUT2D eigenvalue weighted by Gasteiger charge is 2.17. The van der Waals surface area contributed by atoms with Crippen LogP contribution in [0.1, 0.15) is 106 Å². The van der Waals surface area contributed by atoms with Crippen LogP contribution < -0.4 is 4.74 Å². The Morgan fingerprint density at radius 2 is 1.34 bits per heavy atom. The van der Waals surface area contributed by atoms with Crippen molar-refractivity contribution in [3.8, 4) is 54.0 Å². The van der Waals surface area contributed by atoms with Crippen molar-refractivity contribution in [3.05, 3.63) is 58.3 Å². The van der Waals surface area contributed by atoms with E-state index in [2.05, 4.69) is 64.0 Å². The van der Waals surface area contributed by atoms with Crippen LogP contribution in [-0.2, 0) is 20.2 Å². The largest absolute Gasteiger partial charge is 0.507 e. The van der Waals surface area contributed by atoms with Crippen LogP contribution in [0.15, 0.2) is 48.5 Å². The smallest absolute Gasteiger partial charge is 0.160 e. The van der Waals surface area contributed by atoms with Crippen LogP contribution >= 0.6 is 34.0 Å². The second-order valence-corrected chi connectivity index (χ2v) is 13.8. The quantitative estimate of drug-likeness (QED) is 0.0286. The Morgan fingerprint density at radius 3 is 2.04 bits per heavy atom. The molecule has 0 saturated heterocycles. The van der Waals surface area contributed by atoms with Crippen LogP contribution in [0.2, 0.25) is 0 Å². The Balaban J connectivity index is -0.00000201. The molecule has 0 radical (unpaired) electrons. The molecule has 3 N–H and O–H groups in total. The summed E-state index contributed by atoms with van der Waals surface area (Å²) in [5.41, 5.74) is 1.66. The zero-order valence-corrected chi connectivity index (χ0v) is 29.1. The Hall–Kier alpha value is -3.09. The molecule has 0 aliphatic rings. The Bertz CT molecular complexity index is 1550. The first-order chi connectivity index (χ1) is 23.0. The van der Waals surface area contributed by atoms with E-state index in [0.29, 0.717) is 11.5 Å². The maximum absolute atomic E-state index is 11.2. The fourth-order valence-electron chi connectivity index (χ4n) is 4.67. The molecule has 0 saturated carbocycles. The lowest BCUT2D eigenvalue weighted by Gasteiger charge is -2.14. The minimum absolute atomic E-state index is 0. The molecule has 0 bridgehead atoms. The Morgan fingerprint density at radius 1 is 0.723 bits per heavy atom. The van der Waals surface area contributed by atoms with Crippen LogP contribution in [0.5, 0.6) is 11.5 Å². The van der Waals surface area contributed by atoms with Crippen molar-refractivity contribution < 1.29 is 52.4 Å². The first-order valence-electron chi connectivity index (χ1n) is 15.7. The first-order valence-corrected chi connectivity index (χ1v) is 18.2. The van der Waals surface area contributed by atoms with Crippen LogP contribution in [0, 0.1) is 11.8 Å². The molecule has 0 aliphatic heterocycles. The van der Waals surface area contributed by atoms with Gasteiger partial charge in [-0.25, -0.2) is 10.5 Å². The zero-order valence-electron chi connectivity index (χ0n) is 26.7. The van der Waals surface area contributed by atoms with Gasteiger partial charge in [-0.3, -0.25) is 4.79 Å². The second kappa shape index (κ2) is 22.5. The summed E-state index contributed by atoms with van der Waals surface area (Å²) >= 11 is 4.74. The Labute approximate surface area is 295 Å². The molecule has 3 aromatic heterocycles. The van der Waals surface area contributed by atoms with Crippen LogP contribution in [-0.4, -0.2) is 28.5 Å². The number of unbranched alkanes of at least 4 members (excludes halogenated alkanes) is 9. The summed E-state index contributed by atoms with van der Waals surface area (Å²) < 4.78 is 6.35.